The molecule has 1 aromatic heterocycles. The van der Waals surface area contributed by atoms with Crippen LogP contribution >= 0.6 is 11.3 Å². The number of hydrogen-bond donors (Lipinski definition) is 2. The highest BCUT2D eigenvalue weighted by molar-refractivity contribution is 7.14. The van der Waals surface area contributed by atoms with Crippen LogP contribution in [0.15, 0.2) is 30.3 Å². The van der Waals surface area contributed by atoms with Crippen molar-refractivity contribution in [2.75, 3.05) is 0 Å². The Morgan fingerprint density at radius 3 is 2.75 bits per heavy atom. The minimum Gasteiger partial charge on any atom is -0.440 e. The van der Waals surface area contributed by atoms with Crippen molar-refractivity contribution in [3.63, 3.8) is 0 Å². The Morgan fingerprint density at radius 2 is 2.15 bits per heavy atom. The van der Waals surface area contributed by atoms with Crippen molar-refractivity contribution in [3.05, 3.63) is 50.9 Å². The van der Waals surface area contributed by atoms with E-state index in [4.69, 9.17) is 4.74 Å². The molecule has 1 atom stereocenters. The van der Waals surface area contributed by atoms with Crippen LogP contribution in [0.25, 0.3) is 0 Å². The Morgan fingerprint density at radius 1 is 1.45 bits per heavy atom. The van der Waals surface area contributed by atoms with E-state index in [0.717, 1.165) is 11.3 Å². The molecule has 0 bridgehead atoms. The van der Waals surface area contributed by atoms with Gasteiger partial charge in [-0.05, 0) is 13.0 Å². The van der Waals surface area contributed by atoms with Crippen molar-refractivity contribution >= 4 is 17.0 Å². The first-order valence-electron chi connectivity index (χ1n) is 5.85. The van der Waals surface area contributed by atoms with Gasteiger partial charge in [0.1, 0.15) is 5.75 Å². The number of aliphatic hydroxyl groups excluding tert-OH is 2. The van der Waals surface area contributed by atoms with Crippen molar-refractivity contribution in [3.8, 4) is 10.8 Å². The lowest BCUT2D eigenvalue weighted by atomic mass is 10.2. The molecule has 7 heteroatoms. The van der Waals surface area contributed by atoms with E-state index in [1.807, 2.05) is 0 Å². The topological polar surface area (TPSA) is 92.8 Å². The molecular weight excluding hydrogens is 282 g/mol. The van der Waals surface area contributed by atoms with E-state index in [9.17, 15) is 20.3 Å². The zero-order valence-corrected chi connectivity index (χ0v) is 11.5. The third-order valence-corrected chi connectivity index (χ3v) is 3.83. The molecule has 0 aliphatic carbocycles. The van der Waals surface area contributed by atoms with Crippen molar-refractivity contribution < 1.29 is 19.9 Å². The first kappa shape index (κ1) is 14.4. The third-order valence-electron chi connectivity index (χ3n) is 2.65. The first-order valence-corrected chi connectivity index (χ1v) is 6.67. The quantitative estimate of drug-likeness (QED) is 0.653. The predicted octanol–water partition coefficient (Wildman–Crippen LogP) is 2.99. The minimum atomic E-state index is -0.802. The van der Waals surface area contributed by atoms with E-state index in [1.165, 1.54) is 13.0 Å². The normalized spacial score (nSPS) is 12.2. The molecule has 0 spiro atoms. The largest absolute Gasteiger partial charge is 0.440 e. The van der Waals surface area contributed by atoms with Crippen LogP contribution in [0.5, 0.6) is 10.8 Å². The van der Waals surface area contributed by atoms with Crippen molar-refractivity contribution in [1.29, 1.82) is 0 Å². The van der Waals surface area contributed by atoms with Gasteiger partial charge in [0.05, 0.1) is 17.6 Å². The van der Waals surface area contributed by atoms with E-state index in [1.54, 1.807) is 24.3 Å². The molecular formula is C13H13NO5S. The molecule has 0 aliphatic heterocycles. The maximum Gasteiger partial charge on any atom is 0.323 e. The molecule has 2 aromatic rings. The lowest BCUT2D eigenvalue weighted by Crippen LogP contribution is -1.92. The average Bonchev–Trinajstić information content (AvgIpc) is 2.84. The Labute approximate surface area is 119 Å². The second-order valence-electron chi connectivity index (χ2n) is 4.12. The molecule has 0 saturated heterocycles. The molecule has 20 heavy (non-hydrogen) atoms. The van der Waals surface area contributed by atoms with Gasteiger partial charge in [-0.25, -0.2) is 0 Å². The van der Waals surface area contributed by atoms with Crippen LogP contribution < -0.4 is 4.74 Å². The molecule has 6 nitrogen and oxygen atoms in total. The van der Waals surface area contributed by atoms with Crippen molar-refractivity contribution in [1.82, 2.24) is 0 Å². The molecule has 0 fully saturated rings. The maximum atomic E-state index is 11.0. The van der Waals surface area contributed by atoms with Gasteiger partial charge < -0.3 is 14.9 Å². The number of benzene rings is 1. The molecule has 1 aromatic carbocycles. The van der Waals surface area contributed by atoms with Gasteiger partial charge in [0.15, 0.2) is 0 Å². The minimum absolute atomic E-state index is 0.0896. The highest BCUT2D eigenvalue weighted by Gasteiger charge is 2.23. The lowest BCUT2D eigenvalue weighted by Gasteiger charge is -2.07. The monoisotopic (exact) mass is 295 g/mol. The molecule has 0 radical (unpaired) electrons. The van der Waals surface area contributed by atoms with Crippen molar-refractivity contribution in [2.45, 2.75) is 19.6 Å². The summed E-state index contributed by atoms with van der Waals surface area (Å²) in [5.74, 6) is 0.358. The number of nitrogens with zero attached hydrogens (tertiary/aromatic N) is 1. The fourth-order valence-corrected chi connectivity index (χ4v) is 2.55. The Kier molecular flexibility index (Phi) is 4.33. The summed E-state index contributed by atoms with van der Waals surface area (Å²) in [6.45, 7) is 1.31. The summed E-state index contributed by atoms with van der Waals surface area (Å²) in [5.41, 5.74) is 0.340. The Hall–Kier alpha value is -1.96. The summed E-state index contributed by atoms with van der Waals surface area (Å²) >= 11 is 1.01. The van der Waals surface area contributed by atoms with Gasteiger partial charge >= 0.3 is 5.69 Å². The third kappa shape index (κ3) is 2.96. The molecule has 1 heterocycles. The Balaban J connectivity index is 2.39. The van der Waals surface area contributed by atoms with Gasteiger partial charge in [-0.2, -0.15) is 0 Å². The van der Waals surface area contributed by atoms with Gasteiger partial charge in [-0.15, -0.1) is 0 Å². The van der Waals surface area contributed by atoms with Crippen LogP contribution in [0, 0.1) is 10.1 Å². The SMILES string of the molecule is C[C@@H](O)c1cc([N+](=O)[O-])c(Oc2ccccc2CO)s1. The number of aliphatic hydroxyl groups is 2. The molecule has 106 valence electrons. The summed E-state index contributed by atoms with van der Waals surface area (Å²) in [7, 11) is 0. The lowest BCUT2D eigenvalue weighted by molar-refractivity contribution is -0.385. The average molecular weight is 295 g/mol. The van der Waals surface area contributed by atoms with Crippen LogP contribution in [0.2, 0.25) is 0 Å². The summed E-state index contributed by atoms with van der Waals surface area (Å²) in [6, 6.07) is 8.04. The van der Waals surface area contributed by atoms with E-state index in [0.29, 0.717) is 16.2 Å². The molecule has 0 saturated carbocycles. The number of para-hydroxylation sites is 1. The van der Waals surface area contributed by atoms with Crippen LogP contribution in [0.4, 0.5) is 5.69 Å². The van der Waals surface area contributed by atoms with Gasteiger partial charge in [0.2, 0.25) is 0 Å². The summed E-state index contributed by atoms with van der Waals surface area (Å²) < 4.78 is 5.53. The molecule has 2 rings (SSSR count). The second kappa shape index (κ2) is 6.00. The van der Waals surface area contributed by atoms with Gasteiger partial charge in [0, 0.05) is 16.5 Å². The van der Waals surface area contributed by atoms with Gasteiger partial charge in [0.25, 0.3) is 5.06 Å². The number of nitro groups is 1. The standard InChI is InChI=1S/C13H13NO5S/c1-8(16)12-6-10(14(17)18)13(20-12)19-11-5-3-2-4-9(11)7-15/h2-6,8,15-16H,7H2,1H3/t8-/m1/s1. The van der Waals surface area contributed by atoms with E-state index in [2.05, 4.69) is 0 Å². The van der Waals surface area contributed by atoms with Gasteiger partial charge in [-0.3, -0.25) is 10.1 Å². The predicted molar refractivity (Wildman–Crippen MR) is 74.0 cm³/mol. The number of ether oxygens (including phenoxy) is 1. The smallest absolute Gasteiger partial charge is 0.323 e. The zero-order chi connectivity index (χ0) is 14.7. The molecule has 0 unspecified atom stereocenters. The molecule has 0 aliphatic rings. The van der Waals surface area contributed by atoms with Crippen LogP contribution in [-0.2, 0) is 6.61 Å². The van der Waals surface area contributed by atoms with Crippen LogP contribution in [0.1, 0.15) is 23.5 Å². The fraction of sp³-hybridized carbons (Fsp3) is 0.231. The fourth-order valence-electron chi connectivity index (χ4n) is 1.62. The Bertz CT molecular complexity index is 623. The van der Waals surface area contributed by atoms with E-state index in [-0.39, 0.29) is 17.4 Å². The zero-order valence-electron chi connectivity index (χ0n) is 10.6. The second-order valence-corrected chi connectivity index (χ2v) is 5.17. The van der Waals surface area contributed by atoms with E-state index >= 15 is 0 Å². The van der Waals surface area contributed by atoms with E-state index < -0.39 is 11.0 Å². The van der Waals surface area contributed by atoms with Crippen molar-refractivity contribution in [2.24, 2.45) is 0 Å². The van der Waals surface area contributed by atoms with Gasteiger partial charge in [-0.1, -0.05) is 29.5 Å². The molecule has 0 amide bonds. The highest BCUT2D eigenvalue weighted by atomic mass is 32.1. The number of rotatable bonds is 5. The summed E-state index contributed by atoms with van der Waals surface area (Å²) in [5, 5.41) is 29.8. The summed E-state index contributed by atoms with van der Waals surface area (Å²) in [6.07, 6.45) is -0.802. The highest BCUT2D eigenvalue weighted by Crippen LogP contribution is 2.42. The van der Waals surface area contributed by atoms with Crippen LogP contribution in [0.3, 0.4) is 0 Å². The number of thiophene rings is 1. The molecule has 2 N–H and O–H groups in total. The maximum absolute atomic E-state index is 11.0. The summed E-state index contributed by atoms with van der Waals surface area (Å²) in [4.78, 5) is 10.9. The number of hydrogen-bond acceptors (Lipinski definition) is 6. The van der Waals surface area contributed by atoms with Crippen LogP contribution in [-0.4, -0.2) is 15.1 Å². The first-order chi connectivity index (χ1) is 9.52.